The number of carbonyl (C=O) groups is 1. The number of esters is 1. The molecular formula is C28H31NO4. The van der Waals surface area contributed by atoms with E-state index in [1.807, 2.05) is 54.7 Å². The molecule has 0 saturated carbocycles. The lowest BCUT2D eigenvalue weighted by atomic mass is 9.90. The van der Waals surface area contributed by atoms with Crippen LogP contribution in [0.2, 0.25) is 0 Å². The molecule has 5 heteroatoms. The number of pyridine rings is 1. The van der Waals surface area contributed by atoms with E-state index in [1.54, 1.807) is 0 Å². The molecule has 3 rings (SSSR count). The molecule has 0 amide bonds. The van der Waals surface area contributed by atoms with Crippen LogP contribution in [0.5, 0.6) is 5.75 Å². The van der Waals surface area contributed by atoms with Gasteiger partial charge in [0.2, 0.25) is 0 Å². The Morgan fingerprint density at radius 1 is 1.15 bits per heavy atom. The summed E-state index contributed by atoms with van der Waals surface area (Å²) in [5.41, 5.74) is 4.80. The summed E-state index contributed by atoms with van der Waals surface area (Å²) in [7, 11) is 0. The molecule has 5 nitrogen and oxygen atoms in total. The summed E-state index contributed by atoms with van der Waals surface area (Å²) in [6, 6.07) is 17.5. The second kappa shape index (κ2) is 11.4. The monoisotopic (exact) mass is 445 g/mol. The van der Waals surface area contributed by atoms with Crippen LogP contribution >= 0.6 is 0 Å². The third kappa shape index (κ3) is 6.53. The van der Waals surface area contributed by atoms with E-state index in [0.29, 0.717) is 12.2 Å². The van der Waals surface area contributed by atoms with Gasteiger partial charge in [-0.05, 0) is 46.9 Å². The SMILES string of the molecule is C=C(/C(=C/C[C@@H](OC(C)=O)c1ccc(OCCO)cc1)c1cnc2ccccc2c1)C(C)C. The van der Waals surface area contributed by atoms with Crippen molar-refractivity contribution < 1.29 is 19.4 Å². The molecule has 1 N–H and O–H groups in total. The number of rotatable bonds is 10. The van der Waals surface area contributed by atoms with Gasteiger partial charge in [0.15, 0.2) is 0 Å². The fraction of sp³-hybridized carbons (Fsp3) is 0.286. The second-order valence-electron chi connectivity index (χ2n) is 8.19. The molecule has 0 aliphatic heterocycles. The lowest BCUT2D eigenvalue weighted by molar-refractivity contribution is -0.146. The highest BCUT2D eigenvalue weighted by Crippen LogP contribution is 2.32. The molecule has 1 atom stereocenters. The number of aliphatic hydroxyl groups is 1. The van der Waals surface area contributed by atoms with Crippen LogP contribution in [0.15, 0.2) is 79.0 Å². The lowest BCUT2D eigenvalue weighted by Gasteiger charge is -2.19. The average molecular weight is 446 g/mol. The molecule has 3 aromatic rings. The first-order valence-corrected chi connectivity index (χ1v) is 11.1. The molecule has 0 aliphatic carbocycles. The molecular weight excluding hydrogens is 414 g/mol. The molecule has 0 bridgehead atoms. The molecule has 172 valence electrons. The standard InChI is InChI=1S/C28H31NO4/c1-19(2)20(3)26(24-17-23-7-5-6-8-27(23)29-18-24)13-14-28(33-21(4)31)22-9-11-25(12-10-22)32-16-15-30/h5-13,17-19,28,30H,3,14-16H2,1-2,4H3/b26-13-/t28-/m1/s1. The number of para-hydroxylation sites is 1. The molecule has 1 heterocycles. The minimum absolute atomic E-state index is 0.0469. The van der Waals surface area contributed by atoms with E-state index in [1.165, 1.54) is 6.92 Å². The van der Waals surface area contributed by atoms with Gasteiger partial charge in [-0.1, -0.05) is 56.8 Å². The summed E-state index contributed by atoms with van der Waals surface area (Å²) in [4.78, 5) is 16.4. The van der Waals surface area contributed by atoms with Crippen LogP contribution in [0.1, 0.15) is 44.4 Å². The van der Waals surface area contributed by atoms with Gasteiger partial charge < -0.3 is 14.6 Å². The van der Waals surface area contributed by atoms with Crippen molar-refractivity contribution in [3.63, 3.8) is 0 Å². The van der Waals surface area contributed by atoms with Crippen LogP contribution in [0.3, 0.4) is 0 Å². The summed E-state index contributed by atoms with van der Waals surface area (Å²) in [5, 5.41) is 9.99. The molecule has 0 spiro atoms. The van der Waals surface area contributed by atoms with Gasteiger partial charge >= 0.3 is 5.97 Å². The van der Waals surface area contributed by atoms with Crippen LogP contribution in [-0.4, -0.2) is 29.3 Å². The highest BCUT2D eigenvalue weighted by atomic mass is 16.5. The van der Waals surface area contributed by atoms with Crippen molar-refractivity contribution in [3.05, 3.63) is 90.1 Å². The zero-order valence-corrected chi connectivity index (χ0v) is 19.5. The van der Waals surface area contributed by atoms with E-state index in [2.05, 4.69) is 37.6 Å². The Labute approximate surface area is 195 Å². The van der Waals surface area contributed by atoms with Crippen LogP contribution in [-0.2, 0) is 9.53 Å². The maximum Gasteiger partial charge on any atom is 0.303 e. The highest BCUT2D eigenvalue weighted by molar-refractivity contribution is 5.86. The van der Waals surface area contributed by atoms with Crippen molar-refractivity contribution in [2.45, 2.75) is 33.3 Å². The summed E-state index contributed by atoms with van der Waals surface area (Å²) >= 11 is 0. The minimum Gasteiger partial charge on any atom is -0.491 e. The van der Waals surface area contributed by atoms with E-state index >= 15 is 0 Å². The predicted octanol–water partition coefficient (Wildman–Crippen LogP) is 5.90. The van der Waals surface area contributed by atoms with Gasteiger partial charge in [-0.2, -0.15) is 0 Å². The predicted molar refractivity (Wildman–Crippen MR) is 132 cm³/mol. The first-order chi connectivity index (χ1) is 15.9. The Kier molecular flexibility index (Phi) is 8.39. The maximum atomic E-state index is 11.8. The molecule has 1 aromatic heterocycles. The number of ether oxygens (including phenoxy) is 2. The van der Waals surface area contributed by atoms with Crippen molar-refractivity contribution in [2.75, 3.05) is 13.2 Å². The normalized spacial score (nSPS) is 12.6. The largest absolute Gasteiger partial charge is 0.491 e. The molecule has 0 unspecified atom stereocenters. The molecule has 0 saturated heterocycles. The van der Waals surface area contributed by atoms with Crippen molar-refractivity contribution in [2.24, 2.45) is 5.92 Å². The Hall–Kier alpha value is -3.44. The number of benzene rings is 2. The molecule has 2 aromatic carbocycles. The van der Waals surface area contributed by atoms with Crippen LogP contribution in [0, 0.1) is 5.92 Å². The fourth-order valence-corrected chi connectivity index (χ4v) is 3.58. The van der Waals surface area contributed by atoms with E-state index in [-0.39, 0.29) is 25.1 Å². The summed E-state index contributed by atoms with van der Waals surface area (Å²) in [5.74, 6) is 0.560. The zero-order valence-electron chi connectivity index (χ0n) is 19.5. The number of carbonyl (C=O) groups excluding carboxylic acids is 1. The molecule has 0 radical (unpaired) electrons. The minimum atomic E-state index is -0.447. The number of hydrogen-bond acceptors (Lipinski definition) is 5. The van der Waals surface area contributed by atoms with E-state index in [4.69, 9.17) is 14.6 Å². The van der Waals surface area contributed by atoms with Gasteiger partial charge in [-0.3, -0.25) is 9.78 Å². The fourth-order valence-electron chi connectivity index (χ4n) is 3.58. The Morgan fingerprint density at radius 3 is 2.55 bits per heavy atom. The van der Waals surface area contributed by atoms with E-state index in [0.717, 1.165) is 33.2 Å². The van der Waals surface area contributed by atoms with Crippen molar-refractivity contribution >= 4 is 22.4 Å². The van der Waals surface area contributed by atoms with Gasteiger partial charge in [0.25, 0.3) is 0 Å². The van der Waals surface area contributed by atoms with E-state index in [9.17, 15) is 4.79 Å². The number of aliphatic hydroxyl groups excluding tert-OH is 1. The van der Waals surface area contributed by atoms with Gasteiger partial charge in [0.1, 0.15) is 18.5 Å². The number of nitrogens with zero attached hydrogens (tertiary/aromatic N) is 1. The highest BCUT2D eigenvalue weighted by Gasteiger charge is 2.17. The Bertz CT molecular complexity index is 1130. The lowest BCUT2D eigenvalue weighted by Crippen LogP contribution is -2.09. The first kappa shape index (κ1) is 24.2. The van der Waals surface area contributed by atoms with Crippen molar-refractivity contribution in [1.29, 1.82) is 0 Å². The van der Waals surface area contributed by atoms with Crippen LogP contribution < -0.4 is 4.74 Å². The number of hydrogen-bond donors (Lipinski definition) is 1. The Morgan fingerprint density at radius 2 is 1.88 bits per heavy atom. The van der Waals surface area contributed by atoms with Crippen molar-refractivity contribution in [3.8, 4) is 5.75 Å². The average Bonchev–Trinajstić information content (AvgIpc) is 2.82. The topological polar surface area (TPSA) is 68.7 Å². The number of allylic oxidation sites excluding steroid dienone is 2. The second-order valence-corrected chi connectivity index (χ2v) is 8.19. The summed E-state index contributed by atoms with van der Waals surface area (Å²) in [6.07, 6.45) is 4.00. The molecule has 0 fully saturated rings. The van der Waals surface area contributed by atoms with Gasteiger partial charge in [0.05, 0.1) is 12.1 Å². The van der Waals surface area contributed by atoms with Gasteiger partial charge in [-0.15, -0.1) is 0 Å². The molecule has 0 aliphatic rings. The van der Waals surface area contributed by atoms with E-state index < -0.39 is 6.10 Å². The van der Waals surface area contributed by atoms with Crippen LogP contribution in [0.25, 0.3) is 16.5 Å². The third-order valence-electron chi connectivity index (χ3n) is 5.40. The molecule has 33 heavy (non-hydrogen) atoms. The van der Waals surface area contributed by atoms with Gasteiger partial charge in [0, 0.05) is 30.5 Å². The third-order valence-corrected chi connectivity index (χ3v) is 5.40. The quantitative estimate of drug-likeness (QED) is 0.311. The number of fused-ring (bicyclic) bond motifs is 1. The van der Waals surface area contributed by atoms with Crippen LogP contribution in [0.4, 0.5) is 0 Å². The van der Waals surface area contributed by atoms with Crippen molar-refractivity contribution in [1.82, 2.24) is 4.98 Å². The zero-order chi connectivity index (χ0) is 23.8. The first-order valence-electron chi connectivity index (χ1n) is 11.1. The van der Waals surface area contributed by atoms with Gasteiger partial charge in [-0.25, -0.2) is 0 Å². The summed E-state index contributed by atoms with van der Waals surface area (Å²) in [6.45, 7) is 10.1. The summed E-state index contributed by atoms with van der Waals surface area (Å²) < 4.78 is 11.1. The smallest absolute Gasteiger partial charge is 0.303 e. The Balaban J connectivity index is 1.93. The number of aromatic nitrogens is 1. The maximum absolute atomic E-state index is 11.8.